The van der Waals surface area contributed by atoms with Crippen LogP contribution in [0.5, 0.6) is 0 Å². The van der Waals surface area contributed by atoms with Crippen LogP contribution in [0.3, 0.4) is 0 Å². The topological polar surface area (TPSA) is 55.1 Å². The maximum atomic E-state index is 12.4. The quantitative estimate of drug-likeness (QED) is 0.788. The summed E-state index contributed by atoms with van der Waals surface area (Å²) in [5.74, 6) is 0.470. The maximum Gasteiger partial charge on any atom is 0.0681 e. The molecule has 3 aromatic rings. The van der Waals surface area contributed by atoms with Gasteiger partial charge in [-0.25, -0.2) is 4.68 Å². The third-order valence-corrected chi connectivity index (χ3v) is 4.77. The van der Waals surface area contributed by atoms with Crippen LogP contribution in [-0.4, -0.2) is 19.1 Å². The zero-order valence-electron chi connectivity index (χ0n) is 11.9. The first-order chi connectivity index (χ1) is 10.8. The van der Waals surface area contributed by atoms with Crippen LogP contribution in [0.25, 0.3) is 5.69 Å². The van der Waals surface area contributed by atoms with E-state index < -0.39 is 10.8 Å². The normalized spacial score (nSPS) is 12.2. The molecule has 0 amide bonds. The minimum atomic E-state index is -1.09. The fraction of sp³-hybridized carbons (Fsp3) is 0.118. The molecule has 1 heterocycles. The monoisotopic (exact) mass is 312 g/mol. The molecule has 0 aliphatic heterocycles. The van der Waals surface area contributed by atoms with Gasteiger partial charge in [0.1, 0.15) is 0 Å². The molecule has 0 radical (unpaired) electrons. The summed E-state index contributed by atoms with van der Waals surface area (Å²) in [6.45, 7) is 0.00179. The lowest BCUT2D eigenvalue weighted by Crippen LogP contribution is -1.98. The Kier molecular flexibility index (Phi) is 4.46. The lowest BCUT2D eigenvalue weighted by atomic mass is 10.2. The Bertz CT molecular complexity index is 750. The SMILES string of the molecule is O=[S@](Cc1ccc(-n2cccn2)cc1)c1ccc(CO)cc1. The molecule has 5 heteroatoms. The van der Waals surface area contributed by atoms with Crippen molar-refractivity contribution < 1.29 is 9.32 Å². The number of benzene rings is 2. The first-order valence-electron chi connectivity index (χ1n) is 6.93. The van der Waals surface area contributed by atoms with Crippen molar-refractivity contribution in [2.75, 3.05) is 0 Å². The molecule has 0 fully saturated rings. The van der Waals surface area contributed by atoms with Gasteiger partial charge in [-0.1, -0.05) is 24.3 Å². The van der Waals surface area contributed by atoms with Gasteiger partial charge in [0.25, 0.3) is 0 Å². The maximum absolute atomic E-state index is 12.4. The van der Waals surface area contributed by atoms with E-state index in [4.69, 9.17) is 5.11 Å². The van der Waals surface area contributed by atoms with Gasteiger partial charge in [0.2, 0.25) is 0 Å². The van der Waals surface area contributed by atoms with Crippen molar-refractivity contribution in [2.24, 2.45) is 0 Å². The summed E-state index contributed by atoms with van der Waals surface area (Å²) >= 11 is 0. The van der Waals surface area contributed by atoms with Gasteiger partial charge in [0.15, 0.2) is 0 Å². The van der Waals surface area contributed by atoms with Crippen LogP contribution in [0.2, 0.25) is 0 Å². The van der Waals surface area contributed by atoms with E-state index in [9.17, 15) is 4.21 Å². The zero-order valence-corrected chi connectivity index (χ0v) is 12.7. The van der Waals surface area contributed by atoms with Crippen LogP contribution in [0, 0.1) is 0 Å². The minimum Gasteiger partial charge on any atom is -0.392 e. The van der Waals surface area contributed by atoms with Crippen molar-refractivity contribution >= 4 is 10.8 Å². The molecule has 0 aliphatic rings. The van der Waals surface area contributed by atoms with Crippen LogP contribution in [-0.2, 0) is 23.2 Å². The molecule has 0 aliphatic carbocycles. The highest BCUT2D eigenvalue weighted by atomic mass is 32.2. The summed E-state index contributed by atoms with van der Waals surface area (Å²) in [6, 6.07) is 17.0. The Labute approximate surface area is 131 Å². The lowest BCUT2D eigenvalue weighted by Gasteiger charge is -2.06. The van der Waals surface area contributed by atoms with E-state index in [-0.39, 0.29) is 6.61 Å². The average Bonchev–Trinajstić information content (AvgIpc) is 3.10. The second-order valence-electron chi connectivity index (χ2n) is 4.91. The Morgan fingerprint density at radius 3 is 2.27 bits per heavy atom. The Morgan fingerprint density at radius 1 is 1.00 bits per heavy atom. The smallest absolute Gasteiger partial charge is 0.0681 e. The van der Waals surface area contributed by atoms with E-state index in [1.807, 2.05) is 36.5 Å². The molecule has 1 aromatic heterocycles. The lowest BCUT2D eigenvalue weighted by molar-refractivity contribution is 0.282. The highest BCUT2D eigenvalue weighted by molar-refractivity contribution is 7.84. The summed E-state index contributed by atoms with van der Waals surface area (Å²) in [4.78, 5) is 0.772. The van der Waals surface area contributed by atoms with Crippen LogP contribution < -0.4 is 0 Å². The minimum absolute atomic E-state index is 0.00179. The average molecular weight is 312 g/mol. The van der Waals surface area contributed by atoms with Gasteiger partial charge in [0, 0.05) is 17.3 Å². The van der Waals surface area contributed by atoms with Gasteiger partial charge >= 0.3 is 0 Å². The number of nitrogens with zero attached hydrogens (tertiary/aromatic N) is 2. The number of aliphatic hydroxyl groups excluding tert-OH is 1. The third-order valence-electron chi connectivity index (χ3n) is 3.37. The molecule has 112 valence electrons. The van der Waals surface area contributed by atoms with Gasteiger partial charge in [-0.2, -0.15) is 5.10 Å². The van der Waals surface area contributed by atoms with Gasteiger partial charge in [-0.05, 0) is 41.5 Å². The van der Waals surface area contributed by atoms with Crippen molar-refractivity contribution in [3.63, 3.8) is 0 Å². The molecule has 0 bridgehead atoms. The van der Waals surface area contributed by atoms with Gasteiger partial charge in [0.05, 0.1) is 28.8 Å². The van der Waals surface area contributed by atoms with Crippen LogP contribution in [0.4, 0.5) is 0 Å². The molecule has 4 nitrogen and oxygen atoms in total. The number of aliphatic hydroxyl groups is 1. The highest BCUT2D eigenvalue weighted by Gasteiger charge is 2.06. The molecule has 3 rings (SSSR count). The van der Waals surface area contributed by atoms with Crippen molar-refractivity contribution in [1.29, 1.82) is 0 Å². The summed E-state index contributed by atoms with van der Waals surface area (Å²) in [7, 11) is -1.09. The molecular formula is C17H16N2O2S. The zero-order chi connectivity index (χ0) is 15.4. The molecule has 0 spiro atoms. The molecular weight excluding hydrogens is 296 g/mol. The number of aromatic nitrogens is 2. The summed E-state index contributed by atoms with van der Waals surface area (Å²) in [6.07, 6.45) is 3.62. The summed E-state index contributed by atoms with van der Waals surface area (Å²) < 4.78 is 14.1. The largest absolute Gasteiger partial charge is 0.392 e. The van der Waals surface area contributed by atoms with E-state index in [0.29, 0.717) is 5.75 Å². The summed E-state index contributed by atoms with van der Waals surface area (Å²) in [5.41, 5.74) is 2.82. The second-order valence-corrected chi connectivity index (χ2v) is 6.36. The van der Waals surface area contributed by atoms with Gasteiger partial charge < -0.3 is 5.11 Å². The van der Waals surface area contributed by atoms with E-state index in [1.165, 1.54) is 0 Å². The number of hydrogen-bond acceptors (Lipinski definition) is 3. The van der Waals surface area contributed by atoms with Crippen LogP contribution in [0.15, 0.2) is 71.9 Å². The van der Waals surface area contributed by atoms with Crippen LogP contribution >= 0.6 is 0 Å². The Balaban J connectivity index is 1.71. The highest BCUT2D eigenvalue weighted by Crippen LogP contribution is 2.15. The molecule has 2 aromatic carbocycles. The molecule has 1 atom stereocenters. The van der Waals surface area contributed by atoms with Crippen molar-refractivity contribution in [3.8, 4) is 5.69 Å². The fourth-order valence-corrected chi connectivity index (χ4v) is 3.25. The third kappa shape index (κ3) is 3.32. The molecule has 0 saturated carbocycles. The molecule has 0 unspecified atom stereocenters. The van der Waals surface area contributed by atoms with Crippen molar-refractivity contribution in [2.45, 2.75) is 17.3 Å². The first kappa shape index (κ1) is 14.7. The standard InChI is InChI=1S/C17H16N2O2S/c20-12-14-4-8-17(9-5-14)22(21)13-15-2-6-16(7-3-15)19-11-1-10-18-19/h1-11,20H,12-13H2/t22-/m1/s1. The number of hydrogen-bond donors (Lipinski definition) is 1. The Hall–Kier alpha value is -2.24. The van der Waals surface area contributed by atoms with Gasteiger partial charge in [-0.15, -0.1) is 0 Å². The van der Waals surface area contributed by atoms with E-state index >= 15 is 0 Å². The predicted octanol–water partition coefficient (Wildman–Crippen LogP) is 2.67. The Morgan fingerprint density at radius 2 is 1.68 bits per heavy atom. The summed E-state index contributed by atoms with van der Waals surface area (Å²) in [5, 5.41) is 13.2. The van der Waals surface area contributed by atoms with E-state index in [1.54, 1.807) is 35.1 Å². The van der Waals surface area contributed by atoms with Crippen molar-refractivity contribution in [3.05, 3.63) is 78.1 Å². The molecule has 22 heavy (non-hydrogen) atoms. The first-order valence-corrected chi connectivity index (χ1v) is 8.25. The molecule has 0 saturated heterocycles. The van der Waals surface area contributed by atoms with E-state index in [2.05, 4.69) is 5.10 Å². The van der Waals surface area contributed by atoms with Gasteiger partial charge in [-0.3, -0.25) is 4.21 Å². The van der Waals surface area contributed by atoms with Crippen molar-refractivity contribution in [1.82, 2.24) is 9.78 Å². The predicted molar refractivity (Wildman–Crippen MR) is 86.0 cm³/mol. The van der Waals surface area contributed by atoms with E-state index in [0.717, 1.165) is 21.7 Å². The molecule has 1 N–H and O–H groups in total. The van der Waals surface area contributed by atoms with Crippen LogP contribution in [0.1, 0.15) is 11.1 Å². The number of rotatable bonds is 5. The second kappa shape index (κ2) is 6.68. The fourth-order valence-electron chi connectivity index (χ4n) is 2.15.